The largest absolute Gasteiger partial charge is 0.416 e. The first-order chi connectivity index (χ1) is 13.9. The highest BCUT2D eigenvalue weighted by Crippen LogP contribution is 2.40. The van der Waals surface area contributed by atoms with Crippen LogP contribution in [0.3, 0.4) is 0 Å². The van der Waals surface area contributed by atoms with Gasteiger partial charge in [0.1, 0.15) is 0 Å². The van der Waals surface area contributed by atoms with Gasteiger partial charge < -0.3 is 10.2 Å². The van der Waals surface area contributed by atoms with Crippen molar-refractivity contribution in [3.8, 4) is 0 Å². The number of halogens is 3. The van der Waals surface area contributed by atoms with Crippen LogP contribution in [0.5, 0.6) is 0 Å². The van der Waals surface area contributed by atoms with Gasteiger partial charge in [-0.3, -0.25) is 4.79 Å². The number of nitrogens with zero attached hydrogens (tertiary/aromatic N) is 1. The fourth-order valence-corrected chi connectivity index (χ4v) is 3.62. The highest BCUT2D eigenvalue weighted by atomic mass is 19.4. The summed E-state index contributed by atoms with van der Waals surface area (Å²) < 4.78 is 39.9. The zero-order valence-corrected chi connectivity index (χ0v) is 15.5. The van der Waals surface area contributed by atoms with Crippen molar-refractivity contribution in [2.45, 2.75) is 19.0 Å². The SMILES string of the molecule is O=C(Nc1cc(C(F)(F)F)ccc1N1CCCc2ccccc21)c1ccccc1. The molecule has 3 aromatic rings. The number of rotatable bonds is 3. The minimum atomic E-state index is -4.50. The molecule has 1 aliphatic rings. The molecule has 0 aliphatic carbocycles. The molecule has 4 rings (SSSR count). The van der Waals surface area contributed by atoms with E-state index in [1.54, 1.807) is 30.3 Å². The van der Waals surface area contributed by atoms with Crippen LogP contribution < -0.4 is 10.2 Å². The fraction of sp³-hybridized carbons (Fsp3) is 0.174. The number of carbonyl (C=O) groups excluding carboxylic acids is 1. The Morgan fingerprint density at radius 2 is 1.62 bits per heavy atom. The maximum atomic E-state index is 13.3. The molecule has 0 bridgehead atoms. The Balaban J connectivity index is 1.77. The molecule has 1 heterocycles. The third-order valence-electron chi connectivity index (χ3n) is 5.01. The minimum absolute atomic E-state index is 0.144. The van der Waals surface area contributed by atoms with Crippen molar-refractivity contribution in [3.05, 3.63) is 89.5 Å². The molecule has 3 aromatic carbocycles. The quantitative estimate of drug-likeness (QED) is 0.585. The molecule has 0 fully saturated rings. The Labute approximate surface area is 166 Å². The number of hydrogen-bond donors (Lipinski definition) is 1. The first kappa shape index (κ1) is 19.1. The summed E-state index contributed by atoms with van der Waals surface area (Å²) in [4.78, 5) is 14.6. The van der Waals surface area contributed by atoms with Crippen LogP contribution in [0, 0.1) is 0 Å². The second-order valence-electron chi connectivity index (χ2n) is 6.93. The van der Waals surface area contributed by atoms with E-state index in [1.807, 2.05) is 29.2 Å². The molecular formula is C23H19F3N2O. The van der Waals surface area contributed by atoms with E-state index in [0.717, 1.165) is 36.2 Å². The van der Waals surface area contributed by atoms with E-state index in [-0.39, 0.29) is 5.69 Å². The summed E-state index contributed by atoms with van der Waals surface area (Å²) in [6.45, 7) is 0.663. The maximum absolute atomic E-state index is 13.3. The number of aryl methyl sites for hydroxylation is 1. The van der Waals surface area contributed by atoms with Gasteiger partial charge in [-0.1, -0.05) is 36.4 Å². The molecule has 1 amide bonds. The lowest BCUT2D eigenvalue weighted by Gasteiger charge is -2.33. The third-order valence-corrected chi connectivity index (χ3v) is 5.01. The molecule has 1 aliphatic heterocycles. The summed E-state index contributed by atoms with van der Waals surface area (Å²) >= 11 is 0. The van der Waals surface area contributed by atoms with Crippen LogP contribution in [0.2, 0.25) is 0 Å². The number of alkyl halides is 3. The van der Waals surface area contributed by atoms with Gasteiger partial charge in [0.2, 0.25) is 0 Å². The summed E-state index contributed by atoms with van der Waals surface area (Å²) in [6.07, 6.45) is -2.70. The molecule has 3 nitrogen and oxygen atoms in total. The first-order valence-electron chi connectivity index (χ1n) is 9.36. The molecule has 29 heavy (non-hydrogen) atoms. The first-order valence-corrected chi connectivity index (χ1v) is 9.36. The molecule has 6 heteroatoms. The van der Waals surface area contributed by atoms with Gasteiger partial charge in [0.05, 0.1) is 16.9 Å². The van der Waals surface area contributed by atoms with Crippen LogP contribution in [0.1, 0.15) is 27.9 Å². The number of anilines is 3. The number of fused-ring (bicyclic) bond motifs is 1. The van der Waals surface area contributed by atoms with Gasteiger partial charge in [-0.15, -0.1) is 0 Å². The van der Waals surface area contributed by atoms with Crippen molar-refractivity contribution < 1.29 is 18.0 Å². The minimum Gasteiger partial charge on any atom is -0.340 e. The van der Waals surface area contributed by atoms with Crippen LogP contribution in [-0.2, 0) is 12.6 Å². The number of amides is 1. The van der Waals surface area contributed by atoms with Crippen LogP contribution >= 0.6 is 0 Å². The molecule has 0 aromatic heterocycles. The zero-order chi connectivity index (χ0) is 20.4. The fourth-order valence-electron chi connectivity index (χ4n) is 3.62. The number of benzene rings is 3. The number of para-hydroxylation sites is 1. The smallest absolute Gasteiger partial charge is 0.340 e. The van der Waals surface area contributed by atoms with Crippen molar-refractivity contribution in [3.63, 3.8) is 0 Å². The summed E-state index contributed by atoms with van der Waals surface area (Å²) in [5.41, 5.74) is 2.37. The maximum Gasteiger partial charge on any atom is 0.416 e. The predicted molar refractivity (Wildman–Crippen MR) is 108 cm³/mol. The average molecular weight is 396 g/mol. The molecule has 0 spiro atoms. The molecule has 0 radical (unpaired) electrons. The van der Waals surface area contributed by atoms with Crippen molar-refractivity contribution in [2.24, 2.45) is 0 Å². The van der Waals surface area contributed by atoms with Crippen molar-refractivity contribution >= 4 is 23.0 Å². The van der Waals surface area contributed by atoms with Gasteiger partial charge in [-0.25, -0.2) is 0 Å². The normalized spacial score (nSPS) is 13.7. The van der Waals surface area contributed by atoms with Crippen LogP contribution in [0.25, 0.3) is 0 Å². The van der Waals surface area contributed by atoms with E-state index in [1.165, 1.54) is 6.07 Å². The molecule has 0 atom stereocenters. The van der Waals surface area contributed by atoms with E-state index < -0.39 is 17.6 Å². The van der Waals surface area contributed by atoms with Gasteiger partial charge in [-0.05, 0) is 54.8 Å². The van der Waals surface area contributed by atoms with Gasteiger partial charge in [0.25, 0.3) is 5.91 Å². The highest BCUT2D eigenvalue weighted by Gasteiger charge is 2.32. The van der Waals surface area contributed by atoms with Crippen LogP contribution in [-0.4, -0.2) is 12.5 Å². The standard InChI is InChI=1S/C23H19F3N2O/c24-23(25,26)18-12-13-21(28-14-6-10-16-7-4-5-11-20(16)28)19(15-18)27-22(29)17-8-2-1-3-9-17/h1-5,7-9,11-13,15H,6,10,14H2,(H,27,29). The zero-order valence-electron chi connectivity index (χ0n) is 15.5. The van der Waals surface area contributed by atoms with Gasteiger partial charge in [0, 0.05) is 17.8 Å². The highest BCUT2D eigenvalue weighted by molar-refractivity contribution is 6.06. The molecule has 0 saturated heterocycles. The summed E-state index contributed by atoms with van der Waals surface area (Å²) in [7, 11) is 0. The number of nitrogens with one attached hydrogen (secondary N) is 1. The van der Waals surface area contributed by atoms with Crippen molar-refractivity contribution in [2.75, 3.05) is 16.8 Å². The van der Waals surface area contributed by atoms with Gasteiger partial charge >= 0.3 is 6.18 Å². The Morgan fingerprint density at radius 1 is 0.897 bits per heavy atom. The third kappa shape index (κ3) is 3.97. The van der Waals surface area contributed by atoms with Crippen molar-refractivity contribution in [1.82, 2.24) is 0 Å². The van der Waals surface area contributed by atoms with E-state index >= 15 is 0 Å². The Kier molecular flexibility index (Phi) is 5.01. The number of hydrogen-bond acceptors (Lipinski definition) is 2. The van der Waals surface area contributed by atoms with Gasteiger partial charge in [0.15, 0.2) is 0 Å². The topological polar surface area (TPSA) is 32.3 Å². The predicted octanol–water partition coefficient (Wildman–Crippen LogP) is 6.04. The lowest BCUT2D eigenvalue weighted by atomic mass is 10.0. The second kappa shape index (κ2) is 7.62. The summed E-state index contributed by atoms with van der Waals surface area (Å²) in [6, 6.07) is 19.8. The lowest BCUT2D eigenvalue weighted by molar-refractivity contribution is -0.137. The van der Waals surface area contributed by atoms with E-state index in [9.17, 15) is 18.0 Å². The number of carbonyl (C=O) groups is 1. The summed E-state index contributed by atoms with van der Waals surface area (Å²) in [5.74, 6) is -0.448. The summed E-state index contributed by atoms with van der Waals surface area (Å²) in [5, 5.41) is 2.69. The molecule has 0 unspecified atom stereocenters. The molecule has 1 N–H and O–H groups in total. The van der Waals surface area contributed by atoms with E-state index in [0.29, 0.717) is 17.8 Å². The average Bonchev–Trinajstić information content (AvgIpc) is 2.73. The monoisotopic (exact) mass is 396 g/mol. The molecular weight excluding hydrogens is 377 g/mol. The van der Waals surface area contributed by atoms with Crippen LogP contribution in [0.15, 0.2) is 72.8 Å². The Bertz CT molecular complexity index is 1030. The van der Waals surface area contributed by atoms with E-state index in [4.69, 9.17) is 0 Å². The Morgan fingerprint density at radius 3 is 2.38 bits per heavy atom. The second-order valence-corrected chi connectivity index (χ2v) is 6.93. The van der Waals surface area contributed by atoms with Gasteiger partial charge in [-0.2, -0.15) is 13.2 Å². The lowest BCUT2D eigenvalue weighted by Crippen LogP contribution is -2.26. The molecule has 0 saturated carbocycles. The van der Waals surface area contributed by atoms with Crippen molar-refractivity contribution in [1.29, 1.82) is 0 Å². The van der Waals surface area contributed by atoms with E-state index in [2.05, 4.69) is 5.32 Å². The molecule has 148 valence electrons. The van der Waals surface area contributed by atoms with Crippen LogP contribution in [0.4, 0.5) is 30.2 Å². The Hall–Kier alpha value is -3.28.